The summed E-state index contributed by atoms with van der Waals surface area (Å²) in [7, 11) is 5.57. The van der Waals surface area contributed by atoms with E-state index in [4.69, 9.17) is 9.47 Å². The topological polar surface area (TPSA) is 50.8 Å². The summed E-state index contributed by atoms with van der Waals surface area (Å²) in [4.78, 5) is 14.7. The fourth-order valence-corrected chi connectivity index (χ4v) is 3.75. The Morgan fingerprint density at radius 1 is 1.40 bits per heavy atom. The summed E-state index contributed by atoms with van der Waals surface area (Å²) in [6, 6.07) is 5.65. The van der Waals surface area contributed by atoms with Crippen LogP contribution in [0.25, 0.3) is 0 Å². The average Bonchev–Trinajstić information content (AvgIpc) is 3.10. The fourth-order valence-electron chi connectivity index (χ4n) is 2.49. The number of carbonyl (C=O) groups is 1. The number of carbonyl (C=O) groups excluding carboxylic acids is 1. The van der Waals surface area contributed by atoms with Gasteiger partial charge in [-0.1, -0.05) is 0 Å². The minimum absolute atomic E-state index is 0.128. The average molecular weight is 427 g/mol. The fraction of sp³-hybridized carbons (Fsp3) is 0.389. The second-order valence-electron chi connectivity index (χ2n) is 5.67. The number of hydrogen-bond donors (Lipinski definition) is 1. The molecule has 5 nitrogen and oxygen atoms in total. The Hall–Kier alpha value is -1.57. The minimum atomic E-state index is -0.149. The molecule has 1 heterocycles. The number of halogens is 1. The number of nitrogens with one attached hydrogen (secondary N) is 1. The molecule has 0 fully saturated rings. The van der Waals surface area contributed by atoms with Gasteiger partial charge in [-0.15, -0.1) is 0 Å². The standard InChI is InChI=1S/C18H23BrN2O3S/c1-5-24-17-14(19)8-13(9-16(17)23-4)18(22)20-10-15(21(2)3)12-6-7-25-11-12/h6-9,11,15H,5,10H2,1-4H3,(H,20,22)/t15-/m1/s1. The molecular weight excluding hydrogens is 404 g/mol. The van der Waals surface area contributed by atoms with Crippen molar-refractivity contribution in [2.75, 3.05) is 34.4 Å². The molecule has 0 aliphatic rings. The van der Waals surface area contributed by atoms with Crippen molar-refractivity contribution in [2.45, 2.75) is 13.0 Å². The van der Waals surface area contributed by atoms with E-state index in [1.54, 1.807) is 30.6 Å². The number of amides is 1. The van der Waals surface area contributed by atoms with E-state index in [1.165, 1.54) is 5.56 Å². The van der Waals surface area contributed by atoms with Crippen LogP contribution < -0.4 is 14.8 Å². The van der Waals surface area contributed by atoms with Crippen LogP contribution >= 0.6 is 27.3 Å². The van der Waals surface area contributed by atoms with Crippen molar-refractivity contribution >= 4 is 33.2 Å². The normalized spacial score (nSPS) is 12.1. The third-order valence-corrected chi connectivity index (χ3v) is 5.08. The molecule has 0 radical (unpaired) electrons. The Labute approximate surface area is 161 Å². The molecule has 1 aromatic heterocycles. The number of hydrogen-bond acceptors (Lipinski definition) is 5. The molecule has 0 unspecified atom stereocenters. The van der Waals surface area contributed by atoms with Gasteiger partial charge in [0.15, 0.2) is 11.5 Å². The number of rotatable bonds is 8. The largest absolute Gasteiger partial charge is 0.493 e. The Balaban J connectivity index is 2.13. The van der Waals surface area contributed by atoms with Crippen molar-refractivity contribution in [3.63, 3.8) is 0 Å². The van der Waals surface area contributed by atoms with Crippen LogP contribution in [-0.2, 0) is 0 Å². The maximum absolute atomic E-state index is 12.6. The lowest BCUT2D eigenvalue weighted by Crippen LogP contribution is -2.34. The highest BCUT2D eigenvalue weighted by atomic mass is 79.9. The van der Waals surface area contributed by atoms with E-state index in [9.17, 15) is 4.79 Å². The van der Waals surface area contributed by atoms with Gasteiger partial charge in [-0.25, -0.2) is 0 Å². The van der Waals surface area contributed by atoms with Gasteiger partial charge in [0.1, 0.15) is 0 Å². The molecular formula is C18H23BrN2O3S. The number of ether oxygens (including phenoxy) is 2. The minimum Gasteiger partial charge on any atom is -0.493 e. The smallest absolute Gasteiger partial charge is 0.251 e. The quantitative estimate of drug-likeness (QED) is 0.693. The number of methoxy groups -OCH3 is 1. The van der Waals surface area contributed by atoms with Crippen LogP contribution in [-0.4, -0.2) is 45.2 Å². The summed E-state index contributed by atoms with van der Waals surface area (Å²) in [6.07, 6.45) is 0. The van der Waals surface area contributed by atoms with E-state index in [-0.39, 0.29) is 11.9 Å². The maximum Gasteiger partial charge on any atom is 0.251 e. The van der Waals surface area contributed by atoms with Crippen LogP contribution in [0, 0.1) is 0 Å². The van der Waals surface area contributed by atoms with Crippen LogP contribution in [0.3, 0.4) is 0 Å². The molecule has 0 aliphatic carbocycles. The first-order valence-corrected chi connectivity index (χ1v) is 9.68. The molecule has 7 heteroatoms. The van der Waals surface area contributed by atoms with Gasteiger partial charge in [0.2, 0.25) is 0 Å². The van der Waals surface area contributed by atoms with Crippen molar-refractivity contribution in [3.8, 4) is 11.5 Å². The molecule has 25 heavy (non-hydrogen) atoms. The van der Waals surface area contributed by atoms with Gasteiger partial charge in [-0.2, -0.15) is 11.3 Å². The second-order valence-corrected chi connectivity index (χ2v) is 7.30. The summed E-state index contributed by atoms with van der Waals surface area (Å²) in [5, 5.41) is 7.15. The van der Waals surface area contributed by atoms with Gasteiger partial charge in [0.05, 0.1) is 24.2 Å². The first-order chi connectivity index (χ1) is 12.0. The molecule has 2 aromatic rings. The number of nitrogens with zero attached hydrogens (tertiary/aromatic N) is 1. The second kappa shape index (κ2) is 9.22. The SMILES string of the molecule is CCOc1c(Br)cc(C(=O)NC[C@H](c2ccsc2)N(C)C)cc1OC. The van der Waals surface area contributed by atoms with Crippen molar-refractivity contribution in [3.05, 3.63) is 44.6 Å². The zero-order valence-electron chi connectivity index (χ0n) is 14.8. The van der Waals surface area contributed by atoms with Crippen LogP contribution in [0.1, 0.15) is 28.9 Å². The third-order valence-electron chi connectivity index (χ3n) is 3.79. The van der Waals surface area contributed by atoms with Crippen LogP contribution in [0.15, 0.2) is 33.4 Å². The summed E-state index contributed by atoms with van der Waals surface area (Å²) in [5.74, 6) is 0.985. The Morgan fingerprint density at radius 2 is 2.16 bits per heavy atom. The summed E-state index contributed by atoms with van der Waals surface area (Å²) in [5.41, 5.74) is 1.72. The lowest BCUT2D eigenvalue weighted by Gasteiger charge is -2.24. The molecule has 0 spiro atoms. The highest BCUT2D eigenvalue weighted by Crippen LogP contribution is 2.36. The molecule has 1 N–H and O–H groups in total. The van der Waals surface area contributed by atoms with Gasteiger partial charge in [-0.05, 0) is 71.5 Å². The van der Waals surface area contributed by atoms with Gasteiger partial charge in [0.25, 0.3) is 5.91 Å². The predicted octanol–water partition coefficient (Wildman–Crippen LogP) is 3.95. The molecule has 2 rings (SSSR count). The first kappa shape index (κ1) is 19.8. The zero-order chi connectivity index (χ0) is 18.4. The highest BCUT2D eigenvalue weighted by Gasteiger charge is 2.18. The summed E-state index contributed by atoms with van der Waals surface area (Å²) >= 11 is 5.10. The maximum atomic E-state index is 12.6. The van der Waals surface area contributed by atoms with E-state index in [2.05, 4.69) is 37.6 Å². The molecule has 0 bridgehead atoms. The van der Waals surface area contributed by atoms with Crippen molar-refractivity contribution in [1.29, 1.82) is 0 Å². The van der Waals surface area contributed by atoms with Gasteiger partial charge in [-0.3, -0.25) is 4.79 Å². The van der Waals surface area contributed by atoms with Crippen LogP contribution in [0.5, 0.6) is 11.5 Å². The van der Waals surface area contributed by atoms with Crippen LogP contribution in [0.4, 0.5) is 0 Å². The zero-order valence-corrected chi connectivity index (χ0v) is 17.2. The Morgan fingerprint density at radius 3 is 2.72 bits per heavy atom. The summed E-state index contributed by atoms with van der Waals surface area (Å²) < 4.78 is 11.6. The van der Waals surface area contributed by atoms with E-state index in [0.717, 1.165) is 0 Å². The van der Waals surface area contributed by atoms with E-state index >= 15 is 0 Å². The molecule has 1 aromatic carbocycles. The predicted molar refractivity (Wildman–Crippen MR) is 105 cm³/mol. The lowest BCUT2D eigenvalue weighted by molar-refractivity contribution is 0.0941. The van der Waals surface area contributed by atoms with Gasteiger partial charge >= 0.3 is 0 Å². The third kappa shape index (κ3) is 4.96. The number of thiophene rings is 1. The van der Waals surface area contributed by atoms with E-state index < -0.39 is 0 Å². The van der Waals surface area contributed by atoms with Crippen molar-refractivity contribution in [1.82, 2.24) is 10.2 Å². The molecule has 0 aliphatic heterocycles. The highest BCUT2D eigenvalue weighted by molar-refractivity contribution is 9.10. The molecule has 136 valence electrons. The number of benzene rings is 1. The molecule has 0 saturated carbocycles. The van der Waals surface area contributed by atoms with Gasteiger partial charge < -0.3 is 19.7 Å². The summed E-state index contributed by atoms with van der Waals surface area (Å²) in [6.45, 7) is 2.94. The molecule has 1 atom stereocenters. The molecule has 1 amide bonds. The molecule has 0 saturated heterocycles. The Kier molecular flexibility index (Phi) is 7.28. The van der Waals surface area contributed by atoms with Gasteiger partial charge in [0, 0.05) is 12.1 Å². The first-order valence-electron chi connectivity index (χ1n) is 7.95. The Bertz CT molecular complexity index is 705. The van der Waals surface area contributed by atoms with Crippen LogP contribution in [0.2, 0.25) is 0 Å². The van der Waals surface area contributed by atoms with Crippen molar-refractivity contribution in [2.24, 2.45) is 0 Å². The number of likely N-dealkylation sites (N-methyl/N-ethyl adjacent to an activating group) is 1. The van der Waals surface area contributed by atoms with Crippen molar-refractivity contribution < 1.29 is 14.3 Å². The monoisotopic (exact) mass is 426 g/mol. The van der Waals surface area contributed by atoms with E-state index in [1.807, 2.05) is 26.4 Å². The van der Waals surface area contributed by atoms with E-state index in [0.29, 0.717) is 34.7 Å². The lowest BCUT2D eigenvalue weighted by atomic mass is 10.1.